The number of carbonyl (C=O) groups excluding carboxylic acids is 1. The molecular weight excluding hydrogens is 248 g/mol. The number of amides is 1. The summed E-state index contributed by atoms with van der Waals surface area (Å²) in [5.41, 5.74) is 8.27. The molecule has 2 N–H and O–H groups in total. The lowest BCUT2D eigenvalue weighted by Gasteiger charge is -2.28. The molecule has 20 heavy (non-hydrogen) atoms. The van der Waals surface area contributed by atoms with Crippen LogP contribution in [0.25, 0.3) is 0 Å². The molecule has 0 saturated carbocycles. The van der Waals surface area contributed by atoms with Gasteiger partial charge in [0.1, 0.15) is 0 Å². The Morgan fingerprint density at radius 2 is 2.15 bits per heavy atom. The molecule has 0 radical (unpaired) electrons. The zero-order valence-corrected chi connectivity index (χ0v) is 12.1. The predicted molar refractivity (Wildman–Crippen MR) is 80.5 cm³/mol. The monoisotopic (exact) mass is 272 g/mol. The number of likely N-dealkylation sites (tertiary alicyclic amines) is 1. The minimum Gasteiger partial charge on any atom is -0.342 e. The van der Waals surface area contributed by atoms with Gasteiger partial charge < -0.3 is 10.6 Å². The van der Waals surface area contributed by atoms with E-state index in [9.17, 15) is 4.79 Å². The topological polar surface area (TPSA) is 46.3 Å². The van der Waals surface area contributed by atoms with Crippen LogP contribution in [0.1, 0.15) is 42.7 Å². The first kappa shape index (κ1) is 13.6. The summed E-state index contributed by atoms with van der Waals surface area (Å²) < 4.78 is 0. The van der Waals surface area contributed by atoms with Crippen LogP contribution in [0.5, 0.6) is 0 Å². The third-order valence-electron chi connectivity index (χ3n) is 4.84. The normalized spacial score (nSPS) is 25.6. The number of rotatable bonds is 3. The van der Waals surface area contributed by atoms with Crippen molar-refractivity contribution in [2.75, 3.05) is 19.6 Å². The Balaban J connectivity index is 1.73. The van der Waals surface area contributed by atoms with E-state index in [4.69, 9.17) is 5.73 Å². The van der Waals surface area contributed by atoms with Gasteiger partial charge in [-0.05, 0) is 55.7 Å². The molecule has 1 heterocycles. The number of carbonyl (C=O) groups is 1. The molecule has 3 heteroatoms. The molecule has 1 aromatic carbocycles. The van der Waals surface area contributed by atoms with Crippen molar-refractivity contribution < 1.29 is 4.79 Å². The highest BCUT2D eigenvalue weighted by atomic mass is 16.2. The van der Waals surface area contributed by atoms with Gasteiger partial charge in [0.05, 0.1) is 5.92 Å². The van der Waals surface area contributed by atoms with Crippen molar-refractivity contribution in [2.24, 2.45) is 11.7 Å². The Kier molecular flexibility index (Phi) is 4.06. The molecule has 3 rings (SSSR count). The number of nitrogens with two attached hydrogens (primary N) is 1. The van der Waals surface area contributed by atoms with Gasteiger partial charge in [0.25, 0.3) is 0 Å². The largest absolute Gasteiger partial charge is 0.342 e. The Morgan fingerprint density at radius 3 is 3.00 bits per heavy atom. The van der Waals surface area contributed by atoms with E-state index < -0.39 is 0 Å². The van der Waals surface area contributed by atoms with Crippen molar-refractivity contribution in [3.63, 3.8) is 0 Å². The third-order valence-corrected chi connectivity index (χ3v) is 4.84. The molecule has 2 aliphatic rings. The summed E-state index contributed by atoms with van der Waals surface area (Å²) >= 11 is 0. The maximum absolute atomic E-state index is 12.8. The molecule has 1 aliphatic heterocycles. The maximum atomic E-state index is 12.8. The lowest BCUT2D eigenvalue weighted by atomic mass is 9.82. The molecule has 1 fully saturated rings. The second-order valence-electron chi connectivity index (χ2n) is 6.16. The first-order chi connectivity index (χ1) is 9.79. The van der Waals surface area contributed by atoms with Crippen LogP contribution in [-0.4, -0.2) is 30.4 Å². The number of benzene rings is 1. The molecular formula is C17H24N2O. The summed E-state index contributed by atoms with van der Waals surface area (Å²) in [7, 11) is 0. The van der Waals surface area contributed by atoms with E-state index in [0.29, 0.717) is 11.8 Å². The van der Waals surface area contributed by atoms with Crippen LogP contribution < -0.4 is 5.73 Å². The zero-order chi connectivity index (χ0) is 13.9. The van der Waals surface area contributed by atoms with Crippen molar-refractivity contribution >= 4 is 5.91 Å². The Hall–Kier alpha value is -1.35. The van der Waals surface area contributed by atoms with E-state index >= 15 is 0 Å². The van der Waals surface area contributed by atoms with Crippen LogP contribution in [-0.2, 0) is 11.2 Å². The minimum absolute atomic E-state index is 0.0941. The fourth-order valence-electron chi connectivity index (χ4n) is 3.73. The van der Waals surface area contributed by atoms with E-state index in [1.807, 2.05) is 0 Å². The molecule has 0 spiro atoms. The van der Waals surface area contributed by atoms with Crippen molar-refractivity contribution in [1.82, 2.24) is 4.90 Å². The van der Waals surface area contributed by atoms with E-state index in [1.54, 1.807) is 0 Å². The predicted octanol–water partition coefficient (Wildman–Crippen LogP) is 2.30. The molecule has 3 nitrogen and oxygen atoms in total. The Bertz CT molecular complexity index is 486. The van der Waals surface area contributed by atoms with Crippen LogP contribution in [0, 0.1) is 5.92 Å². The molecule has 0 bridgehead atoms. The zero-order valence-electron chi connectivity index (χ0n) is 12.1. The average molecular weight is 272 g/mol. The van der Waals surface area contributed by atoms with Crippen LogP contribution in [0.4, 0.5) is 0 Å². The molecule has 1 aromatic rings. The lowest BCUT2D eigenvalue weighted by molar-refractivity contribution is -0.132. The molecule has 1 amide bonds. The molecule has 1 saturated heterocycles. The lowest BCUT2D eigenvalue weighted by Crippen LogP contribution is -2.35. The quantitative estimate of drug-likeness (QED) is 0.917. The standard InChI is InChI=1S/C17H24N2O/c18-10-8-13-9-11-19(12-13)17(20)16-7-3-5-14-4-1-2-6-15(14)16/h1-2,4,6,13,16H,3,5,7-12,18H2. The fraction of sp³-hybridized carbons (Fsp3) is 0.588. The average Bonchev–Trinajstić information content (AvgIpc) is 2.95. The van der Waals surface area contributed by atoms with Crippen LogP contribution in [0.15, 0.2) is 24.3 Å². The SMILES string of the molecule is NCCC1CCN(C(=O)C2CCCc3ccccc32)C1. The summed E-state index contributed by atoms with van der Waals surface area (Å²) in [5.74, 6) is 1.05. The van der Waals surface area contributed by atoms with E-state index in [2.05, 4.69) is 29.2 Å². The number of fused-ring (bicyclic) bond motifs is 1. The summed E-state index contributed by atoms with van der Waals surface area (Å²) in [5, 5.41) is 0. The van der Waals surface area contributed by atoms with Gasteiger partial charge in [-0.3, -0.25) is 4.79 Å². The van der Waals surface area contributed by atoms with E-state index in [1.165, 1.54) is 11.1 Å². The van der Waals surface area contributed by atoms with Crippen molar-refractivity contribution in [1.29, 1.82) is 0 Å². The van der Waals surface area contributed by atoms with Gasteiger partial charge in [0.2, 0.25) is 5.91 Å². The number of hydrogen-bond acceptors (Lipinski definition) is 2. The van der Waals surface area contributed by atoms with Gasteiger partial charge in [0, 0.05) is 13.1 Å². The van der Waals surface area contributed by atoms with Crippen molar-refractivity contribution in [2.45, 2.75) is 38.0 Å². The minimum atomic E-state index is 0.0941. The summed E-state index contributed by atoms with van der Waals surface area (Å²) in [4.78, 5) is 14.9. The Morgan fingerprint density at radius 1 is 1.30 bits per heavy atom. The van der Waals surface area contributed by atoms with Gasteiger partial charge in [-0.2, -0.15) is 0 Å². The summed E-state index contributed by atoms with van der Waals surface area (Å²) in [6, 6.07) is 8.46. The molecule has 0 aromatic heterocycles. The van der Waals surface area contributed by atoms with Gasteiger partial charge in [0.15, 0.2) is 0 Å². The Labute approximate surface area is 121 Å². The van der Waals surface area contributed by atoms with Gasteiger partial charge in [-0.25, -0.2) is 0 Å². The summed E-state index contributed by atoms with van der Waals surface area (Å²) in [6.07, 6.45) is 5.43. The second kappa shape index (κ2) is 5.96. The van der Waals surface area contributed by atoms with Crippen LogP contribution in [0.2, 0.25) is 0 Å². The fourth-order valence-corrected chi connectivity index (χ4v) is 3.73. The van der Waals surface area contributed by atoms with Gasteiger partial charge in [-0.15, -0.1) is 0 Å². The highest BCUT2D eigenvalue weighted by molar-refractivity contribution is 5.84. The first-order valence-corrected chi connectivity index (χ1v) is 7.86. The van der Waals surface area contributed by atoms with Gasteiger partial charge >= 0.3 is 0 Å². The molecule has 108 valence electrons. The number of nitrogens with zero attached hydrogens (tertiary/aromatic N) is 1. The number of hydrogen-bond donors (Lipinski definition) is 1. The van der Waals surface area contributed by atoms with Crippen molar-refractivity contribution in [3.8, 4) is 0 Å². The molecule has 1 aliphatic carbocycles. The highest BCUT2D eigenvalue weighted by Gasteiger charge is 2.33. The van der Waals surface area contributed by atoms with E-state index in [-0.39, 0.29) is 5.92 Å². The maximum Gasteiger partial charge on any atom is 0.230 e. The second-order valence-corrected chi connectivity index (χ2v) is 6.16. The first-order valence-electron chi connectivity index (χ1n) is 7.86. The van der Waals surface area contributed by atoms with Gasteiger partial charge in [-0.1, -0.05) is 24.3 Å². The smallest absolute Gasteiger partial charge is 0.230 e. The van der Waals surface area contributed by atoms with E-state index in [0.717, 1.165) is 51.7 Å². The van der Waals surface area contributed by atoms with Crippen LogP contribution >= 0.6 is 0 Å². The van der Waals surface area contributed by atoms with Crippen LogP contribution in [0.3, 0.4) is 0 Å². The number of aryl methyl sites for hydroxylation is 1. The summed E-state index contributed by atoms with van der Waals surface area (Å²) in [6.45, 7) is 2.57. The van der Waals surface area contributed by atoms with Crippen molar-refractivity contribution in [3.05, 3.63) is 35.4 Å². The molecule has 2 unspecified atom stereocenters. The highest BCUT2D eigenvalue weighted by Crippen LogP contribution is 2.34. The third kappa shape index (κ3) is 2.59. The molecule has 2 atom stereocenters.